The Morgan fingerprint density at radius 1 is 1.40 bits per heavy atom. The highest BCUT2D eigenvalue weighted by molar-refractivity contribution is 6.29. The number of rotatable bonds is 3. The second-order valence-electron chi connectivity index (χ2n) is 3.03. The zero-order chi connectivity index (χ0) is 10.7. The lowest BCUT2D eigenvalue weighted by Crippen LogP contribution is -2.01. The van der Waals surface area contributed by atoms with Crippen molar-refractivity contribution in [2.75, 3.05) is 5.32 Å². The third kappa shape index (κ3) is 2.66. The summed E-state index contributed by atoms with van der Waals surface area (Å²) in [7, 11) is 0. The molecule has 2 aromatic rings. The Labute approximate surface area is 91.4 Å². The van der Waals surface area contributed by atoms with Gasteiger partial charge in [0, 0.05) is 6.07 Å². The first-order valence-corrected chi connectivity index (χ1v) is 4.77. The lowest BCUT2D eigenvalue weighted by Gasteiger charge is -2.00. The van der Waals surface area contributed by atoms with Gasteiger partial charge in [-0.05, 0) is 19.1 Å². The van der Waals surface area contributed by atoms with Gasteiger partial charge in [0.25, 0.3) is 0 Å². The smallest absolute Gasteiger partial charge is 0.156 e. The SMILES string of the molecule is Cc1cc(CNc2ccc(Cl)nn2)on1. The first-order valence-electron chi connectivity index (χ1n) is 4.39. The number of nitrogens with one attached hydrogen (secondary N) is 1. The highest BCUT2D eigenvalue weighted by Gasteiger charge is 2.01. The molecule has 6 heteroatoms. The number of aryl methyl sites for hydroxylation is 1. The van der Waals surface area contributed by atoms with Crippen molar-refractivity contribution in [3.8, 4) is 0 Å². The molecule has 2 rings (SSSR count). The van der Waals surface area contributed by atoms with Crippen LogP contribution in [0.15, 0.2) is 22.7 Å². The van der Waals surface area contributed by atoms with Crippen LogP contribution in [0.25, 0.3) is 0 Å². The lowest BCUT2D eigenvalue weighted by molar-refractivity contribution is 0.384. The summed E-state index contributed by atoms with van der Waals surface area (Å²) in [4.78, 5) is 0. The Morgan fingerprint density at radius 3 is 2.87 bits per heavy atom. The molecular formula is C9H9ClN4O. The molecule has 0 amide bonds. The molecule has 78 valence electrons. The third-order valence-electron chi connectivity index (χ3n) is 1.75. The van der Waals surface area contributed by atoms with Crippen LogP contribution in [-0.2, 0) is 6.54 Å². The van der Waals surface area contributed by atoms with Crippen LogP contribution in [0, 0.1) is 6.92 Å². The number of anilines is 1. The molecule has 2 heterocycles. The van der Waals surface area contributed by atoms with Gasteiger partial charge >= 0.3 is 0 Å². The summed E-state index contributed by atoms with van der Waals surface area (Å²) in [6.07, 6.45) is 0. The van der Waals surface area contributed by atoms with Gasteiger partial charge in [-0.3, -0.25) is 0 Å². The third-order valence-corrected chi connectivity index (χ3v) is 1.95. The molecule has 0 saturated heterocycles. The number of hydrogen-bond acceptors (Lipinski definition) is 5. The van der Waals surface area contributed by atoms with Crippen LogP contribution in [0.1, 0.15) is 11.5 Å². The van der Waals surface area contributed by atoms with E-state index in [2.05, 4.69) is 20.7 Å². The number of hydrogen-bond donors (Lipinski definition) is 1. The Morgan fingerprint density at radius 2 is 2.27 bits per heavy atom. The van der Waals surface area contributed by atoms with Crippen LogP contribution in [0.5, 0.6) is 0 Å². The van der Waals surface area contributed by atoms with E-state index in [4.69, 9.17) is 16.1 Å². The second-order valence-corrected chi connectivity index (χ2v) is 3.42. The van der Waals surface area contributed by atoms with Crippen LogP contribution in [0.4, 0.5) is 5.82 Å². The molecule has 0 unspecified atom stereocenters. The molecule has 0 fully saturated rings. The highest BCUT2D eigenvalue weighted by Crippen LogP contribution is 2.08. The van der Waals surface area contributed by atoms with E-state index in [1.165, 1.54) is 0 Å². The lowest BCUT2D eigenvalue weighted by atomic mass is 10.4. The van der Waals surface area contributed by atoms with Crippen molar-refractivity contribution in [1.82, 2.24) is 15.4 Å². The fourth-order valence-corrected chi connectivity index (χ4v) is 1.19. The summed E-state index contributed by atoms with van der Waals surface area (Å²) in [6, 6.07) is 5.28. The summed E-state index contributed by atoms with van der Waals surface area (Å²) in [5.41, 5.74) is 0.856. The Bertz CT molecular complexity index is 440. The molecule has 0 spiro atoms. The van der Waals surface area contributed by atoms with E-state index in [1.54, 1.807) is 12.1 Å². The van der Waals surface area contributed by atoms with Crippen LogP contribution in [0.3, 0.4) is 0 Å². The highest BCUT2D eigenvalue weighted by atomic mass is 35.5. The van der Waals surface area contributed by atoms with Gasteiger partial charge in [-0.1, -0.05) is 16.8 Å². The molecule has 2 aromatic heterocycles. The zero-order valence-electron chi connectivity index (χ0n) is 8.07. The van der Waals surface area contributed by atoms with Gasteiger partial charge in [0.1, 0.15) is 5.82 Å². The molecular weight excluding hydrogens is 216 g/mol. The van der Waals surface area contributed by atoms with Gasteiger partial charge in [-0.2, -0.15) is 0 Å². The summed E-state index contributed by atoms with van der Waals surface area (Å²) < 4.78 is 5.02. The maximum atomic E-state index is 5.60. The molecule has 5 nitrogen and oxygen atoms in total. The topological polar surface area (TPSA) is 63.8 Å². The molecule has 0 aliphatic heterocycles. The number of aromatic nitrogens is 3. The Hall–Kier alpha value is -1.62. The molecule has 0 saturated carbocycles. The van der Waals surface area contributed by atoms with E-state index in [-0.39, 0.29) is 0 Å². The molecule has 15 heavy (non-hydrogen) atoms. The van der Waals surface area contributed by atoms with E-state index < -0.39 is 0 Å². The normalized spacial score (nSPS) is 10.3. The van der Waals surface area contributed by atoms with Crippen molar-refractivity contribution in [1.29, 1.82) is 0 Å². The first-order chi connectivity index (χ1) is 7.24. The van der Waals surface area contributed by atoms with E-state index in [1.807, 2.05) is 13.0 Å². The van der Waals surface area contributed by atoms with Gasteiger partial charge in [-0.25, -0.2) is 0 Å². The van der Waals surface area contributed by atoms with E-state index in [9.17, 15) is 0 Å². The van der Waals surface area contributed by atoms with Gasteiger partial charge < -0.3 is 9.84 Å². The molecule has 0 aliphatic rings. The fourth-order valence-electron chi connectivity index (χ4n) is 1.09. The van der Waals surface area contributed by atoms with Crippen molar-refractivity contribution in [3.05, 3.63) is 34.8 Å². The van der Waals surface area contributed by atoms with Crippen molar-refractivity contribution >= 4 is 17.4 Å². The van der Waals surface area contributed by atoms with Gasteiger partial charge in [-0.15, -0.1) is 10.2 Å². The van der Waals surface area contributed by atoms with Gasteiger partial charge in [0.05, 0.1) is 12.2 Å². The van der Waals surface area contributed by atoms with Gasteiger partial charge in [0.15, 0.2) is 10.9 Å². The van der Waals surface area contributed by atoms with Crippen LogP contribution >= 0.6 is 11.6 Å². The van der Waals surface area contributed by atoms with Gasteiger partial charge in [0.2, 0.25) is 0 Å². The summed E-state index contributed by atoms with van der Waals surface area (Å²) in [5.74, 6) is 1.40. The predicted octanol–water partition coefficient (Wildman–Crippen LogP) is 2.04. The minimum Gasteiger partial charge on any atom is -0.361 e. The van der Waals surface area contributed by atoms with Crippen molar-refractivity contribution in [3.63, 3.8) is 0 Å². The number of nitrogens with zero attached hydrogens (tertiary/aromatic N) is 3. The molecule has 0 bridgehead atoms. The van der Waals surface area contributed by atoms with E-state index in [0.717, 1.165) is 11.5 Å². The second kappa shape index (κ2) is 4.27. The molecule has 0 radical (unpaired) electrons. The Kier molecular flexibility index (Phi) is 2.82. The zero-order valence-corrected chi connectivity index (χ0v) is 8.82. The minimum absolute atomic E-state index is 0.371. The largest absolute Gasteiger partial charge is 0.361 e. The standard InChI is InChI=1S/C9H9ClN4O/c1-6-4-7(15-14-6)5-11-9-3-2-8(10)12-13-9/h2-4H,5H2,1H3,(H,11,13). The van der Waals surface area contributed by atoms with Crippen molar-refractivity contribution in [2.24, 2.45) is 0 Å². The maximum absolute atomic E-state index is 5.60. The average Bonchev–Trinajstić information content (AvgIpc) is 2.64. The molecule has 1 N–H and O–H groups in total. The number of halogens is 1. The quantitative estimate of drug-likeness (QED) is 0.864. The first kappa shape index (κ1) is 9.92. The van der Waals surface area contributed by atoms with Crippen LogP contribution < -0.4 is 5.32 Å². The van der Waals surface area contributed by atoms with E-state index in [0.29, 0.717) is 17.5 Å². The molecule has 0 aromatic carbocycles. The van der Waals surface area contributed by atoms with Crippen molar-refractivity contribution in [2.45, 2.75) is 13.5 Å². The summed E-state index contributed by atoms with van der Waals surface area (Å²) in [6.45, 7) is 2.40. The summed E-state index contributed by atoms with van der Waals surface area (Å²) >= 11 is 5.60. The predicted molar refractivity (Wildman–Crippen MR) is 55.6 cm³/mol. The van der Waals surface area contributed by atoms with Crippen LogP contribution in [0.2, 0.25) is 5.15 Å². The molecule has 0 atom stereocenters. The fraction of sp³-hybridized carbons (Fsp3) is 0.222. The van der Waals surface area contributed by atoms with E-state index >= 15 is 0 Å². The monoisotopic (exact) mass is 224 g/mol. The maximum Gasteiger partial charge on any atom is 0.156 e. The van der Waals surface area contributed by atoms with Crippen LogP contribution in [-0.4, -0.2) is 15.4 Å². The Balaban J connectivity index is 1.96. The molecule has 0 aliphatic carbocycles. The summed E-state index contributed by atoms with van der Waals surface area (Å²) in [5, 5.41) is 14.7. The minimum atomic E-state index is 0.371. The van der Waals surface area contributed by atoms with Crippen molar-refractivity contribution < 1.29 is 4.52 Å². The average molecular weight is 225 g/mol.